The Hall–Kier alpha value is -1.09. The van der Waals surface area contributed by atoms with Crippen LogP contribution in [0.25, 0.3) is 0 Å². The molecule has 1 aromatic heterocycles. The summed E-state index contributed by atoms with van der Waals surface area (Å²) in [6.07, 6.45) is 1.81. The van der Waals surface area contributed by atoms with E-state index in [1.807, 2.05) is 25.3 Å². The average molecular weight is 194 g/mol. The summed E-state index contributed by atoms with van der Waals surface area (Å²) in [7, 11) is 0. The van der Waals surface area contributed by atoms with E-state index in [4.69, 9.17) is 5.73 Å². The summed E-state index contributed by atoms with van der Waals surface area (Å²) < 4.78 is 1.74. The fraction of sp³-hybridized carbons (Fsp3) is 0.545. The number of hydrogen-bond donors (Lipinski definition) is 1. The van der Waals surface area contributed by atoms with E-state index in [-0.39, 0.29) is 11.6 Å². The summed E-state index contributed by atoms with van der Waals surface area (Å²) in [5.74, 6) is 0.375. The monoisotopic (exact) mass is 194 g/mol. The van der Waals surface area contributed by atoms with Crippen LogP contribution < -0.4 is 11.3 Å². The number of nitrogens with zero attached hydrogens (tertiary/aromatic N) is 1. The molecule has 0 aliphatic carbocycles. The minimum absolute atomic E-state index is 0.0663. The summed E-state index contributed by atoms with van der Waals surface area (Å²) >= 11 is 0. The van der Waals surface area contributed by atoms with Crippen molar-refractivity contribution in [1.29, 1.82) is 0 Å². The Bertz CT molecular complexity index is 355. The van der Waals surface area contributed by atoms with Crippen LogP contribution in [-0.2, 0) is 0 Å². The van der Waals surface area contributed by atoms with E-state index >= 15 is 0 Å². The van der Waals surface area contributed by atoms with Gasteiger partial charge in [-0.2, -0.15) is 0 Å². The number of hydrogen-bond acceptors (Lipinski definition) is 2. The van der Waals surface area contributed by atoms with Gasteiger partial charge < -0.3 is 10.3 Å². The first-order chi connectivity index (χ1) is 6.57. The SMILES string of the molecule is Cc1cccn(C(CN)C(C)C)c1=O. The summed E-state index contributed by atoms with van der Waals surface area (Å²) in [6, 6.07) is 3.82. The molecule has 1 heterocycles. The molecule has 78 valence electrons. The zero-order valence-electron chi connectivity index (χ0n) is 9.03. The molecule has 0 fully saturated rings. The second kappa shape index (κ2) is 4.42. The Morgan fingerprint density at radius 3 is 2.64 bits per heavy atom. The summed E-state index contributed by atoms with van der Waals surface area (Å²) in [5, 5.41) is 0. The van der Waals surface area contributed by atoms with Crippen molar-refractivity contribution < 1.29 is 0 Å². The Morgan fingerprint density at radius 1 is 1.50 bits per heavy atom. The quantitative estimate of drug-likeness (QED) is 0.788. The molecule has 3 nitrogen and oxygen atoms in total. The highest BCUT2D eigenvalue weighted by Gasteiger charge is 2.14. The highest BCUT2D eigenvalue weighted by Crippen LogP contribution is 2.13. The van der Waals surface area contributed by atoms with Crippen molar-refractivity contribution in [2.24, 2.45) is 11.7 Å². The van der Waals surface area contributed by atoms with Crippen molar-refractivity contribution in [3.63, 3.8) is 0 Å². The first-order valence-electron chi connectivity index (χ1n) is 4.95. The van der Waals surface area contributed by atoms with E-state index in [2.05, 4.69) is 13.8 Å². The fourth-order valence-electron chi connectivity index (χ4n) is 1.59. The van der Waals surface area contributed by atoms with Gasteiger partial charge in [-0.3, -0.25) is 4.79 Å². The molecule has 14 heavy (non-hydrogen) atoms. The molecule has 0 saturated heterocycles. The molecule has 0 saturated carbocycles. The molecule has 1 atom stereocenters. The average Bonchev–Trinajstić information content (AvgIpc) is 2.13. The van der Waals surface area contributed by atoms with E-state index < -0.39 is 0 Å². The van der Waals surface area contributed by atoms with Crippen molar-refractivity contribution in [2.75, 3.05) is 6.54 Å². The summed E-state index contributed by atoms with van der Waals surface area (Å²) in [6.45, 7) is 6.48. The van der Waals surface area contributed by atoms with Gasteiger partial charge in [-0.1, -0.05) is 19.9 Å². The van der Waals surface area contributed by atoms with Crippen LogP contribution in [0.15, 0.2) is 23.1 Å². The Labute approximate surface area is 84.6 Å². The van der Waals surface area contributed by atoms with E-state index in [1.54, 1.807) is 4.57 Å². The zero-order valence-corrected chi connectivity index (χ0v) is 9.03. The van der Waals surface area contributed by atoms with E-state index in [9.17, 15) is 4.79 Å². The Kier molecular flexibility index (Phi) is 3.47. The lowest BCUT2D eigenvalue weighted by molar-refractivity contribution is 0.375. The maximum absolute atomic E-state index is 11.8. The van der Waals surface area contributed by atoms with Crippen LogP contribution in [0, 0.1) is 12.8 Å². The molecule has 0 bridgehead atoms. The van der Waals surface area contributed by atoms with Crippen LogP contribution in [0.1, 0.15) is 25.5 Å². The lowest BCUT2D eigenvalue weighted by Gasteiger charge is -2.21. The van der Waals surface area contributed by atoms with E-state index in [0.717, 1.165) is 5.56 Å². The maximum atomic E-state index is 11.8. The maximum Gasteiger partial charge on any atom is 0.253 e. The van der Waals surface area contributed by atoms with Gasteiger partial charge in [0.2, 0.25) is 0 Å². The summed E-state index contributed by atoms with van der Waals surface area (Å²) in [4.78, 5) is 11.8. The Balaban J connectivity index is 3.17. The van der Waals surface area contributed by atoms with E-state index in [1.165, 1.54) is 0 Å². The van der Waals surface area contributed by atoms with Crippen LogP contribution >= 0.6 is 0 Å². The number of pyridine rings is 1. The fourth-order valence-corrected chi connectivity index (χ4v) is 1.59. The lowest BCUT2D eigenvalue weighted by Crippen LogP contribution is -2.33. The highest BCUT2D eigenvalue weighted by molar-refractivity contribution is 5.08. The van der Waals surface area contributed by atoms with Crippen LogP contribution in [0.4, 0.5) is 0 Å². The van der Waals surface area contributed by atoms with Gasteiger partial charge in [0.1, 0.15) is 0 Å². The minimum Gasteiger partial charge on any atom is -0.328 e. The molecule has 3 heteroatoms. The van der Waals surface area contributed by atoms with Crippen LogP contribution in [0.5, 0.6) is 0 Å². The first-order valence-corrected chi connectivity index (χ1v) is 4.95. The highest BCUT2D eigenvalue weighted by atomic mass is 16.1. The molecule has 0 aliphatic rings. The van der Waals surface area contributed by atoms with Gasteiger partial charge in [-0.25, -0.2) is 0 Å². The standard InChI is InChI=1S/C11H18N2O/c1-8(2)10(7-12)13-6-4-5-9(3)11(13)14/h4-6,8,10H,7,12H2,1-3H3. The second-order valence-corrected chi connectivity index (χ2v) is 3.95. The third-order valence-electron chi connectivity index (χ3n) is 2.53. The number of nitrogens with two attached hydrogens (primary N) is 1. The number of aromatic nitrogens is 1. The van der Waals surface area contributed by atoms with Crippen LogP contribution in [0.3, 0.4) is 0 Å². The van der Waals surface area contributed by atoms with Gasteiger partial charge in [0.25, 0.3) is 5.56 Å². The molecule has 0 spiro atoms. The van der Waals surface area contributed by atoms with Crippen LogP contribution in [-0.4, -0.2) is 11.1 Å². The zero-order chi connectivity index (χ0) is 10.7. The van der Waals surface area contributed by atoms with E-state index in [0.29, 0.717) is 12.5 Å². The smallest absolute Gasteiger partial charge is 0.253 e. The van der Waals surface area contributed by atoms with Gasteiger partial charge in [0.15, 0.2) is 0 Å². The van der Waals surface area contributed by atoms with Gasteiger partial charge >= 0.3 is 0 Å². The van der Waals surface area contributed by atoms with Crippen molar-refractivity contribution >= 4 is 0 Å². The van der Waals surface area contributed by atoms with Crippen molar-refractivity contribution in [3.05, 3.63) is 34.2 Å². The van der Waals surface area contributed by atoms with Gasteiger partial charge in [-0.05, 0) is 18.9 Å². The molecule has 1 rings (SSSR count). The van der Waals surface area contributed by atoms with Crippen molar-refractivity contribution in [1.82, 2.24) is 4.57 Å². The lowest BCUT2D eigenvalue weighted by atomic mass is 10.0. The summed E-state index contributed by atoms with van der Waals surface area (Å²) in [5.41, 5.74) is 6.50. The minimum atomic E-state index is 0.0663. The molecule has 0 radical (unpaired) electrons. The van der Waals surface area contributed by atoms with Gasteiger partial charge in [0.05, 0.1) is 6.04 Å². The molecule has 0 aromatic carbocycles. The predicted octanol–water partition coefficient (Wildman–Crippen LogP) is 1.31. The third kappa shape index (κ3) is 2.04. The van der Waals surface area contributed by atoms with Gasteiger partial charge in [-0.15, -0.1) is 0 Å². The second-order valence-electron chi connectivity index (χ2n) is 3.95. The molecule has 0 amide bonds. The van der Waals surface area contributed by atoms with Gasteiger partial charge in [0, 0.05) is 18.3 Å². The first kappa shape index (κ1) is 11.0. The molecular formula is C11H18N2O. The molecule has 1 unspecified atom stereocenters. The molecule has 1 aromatic rings. The molecular weight excluding hydrogens is 176 g/mol. The topological polar surface area (TPSA) is 48.0 Å². The van der Waals surface area contributed by atoms with Crippen LogP contribution in [0.2, 0.25) is 0 Å². The third-order valence-corrected chi connectivity index (χ3v) is 2.53. The Morgan fingerprint density at radius 2 is 2.14 bits per heavy atom. The molecule has 0 aliphatic heterocycles. The number of aryl methyl sites for hydroxylation is 1. The van der Waals surface area contributed by atoms with Crippen molar-refractivity contribution in [3.8, 4) is 0 Å². The normalized spacial score (nSPS) is 13.2. The molecule has 2 N–H and O–H groups in total. The largest absolute Gasteiger partial charge is 0.328 e. The number of rotatable bonds is 3. The predicted molar refractivity (Wildman–Crippen MR) is 58.4 cm³/mol. The van der Waals surface area contributed by atoms with Crippen molar-refractivity contribution in [2.45, 2.75) is 26.8 Å².